The van der Waals surface area contributed by atoms with E-state index in [9.17, 15) is 9.59 Å². The lowest BCUT2D eigenvalue weighted by Gasteiger charge is -2.35. The van der Waals surface area contributed by atoms with Gasteiger partial charge in [-0.2, -0.15) is 0 Å². The second-order valence-corrected chi connectivity index (χ2v) is 7.87. The second-order valence-electron chi connectivity index (χ2n) is 7.87. The van der Waals surface area contributed by atoms with Crippen LogP contribution in [0.2, 0.25) is 0 Å². The summed E-state index contributed by atoms with van der Waals surface area (Å²) in [6.45, 7) is 6.79. The number of hydrogen-bond donors (Lipinski definition) is 1. The van der Waals surface area contributed by atoms with Crippen molar-refractivity contribution in [2.75, 3.05) is 13.1 Å². The summed E-state index contributed by atoms with van der Waals surface area (Å²) in [5.74, 6) is 0.00400. The van der Waals surface area contributed by atoms with Crippen LogP contribution in [-0.2, 0) is 16.1 Å². The molecule has 4 heteroatoms. The van der Waals surface area contributed by atoms with E-state index >= 15 is 0 Å². The van der Waals surface area contributed by atoms with Gasteiger partial charge in [-0.3, -0.25) is 9.59 Å². The van der Waals surface area contributed by atoms with Crippen LogP contribution in [0.15, 0.2) is 54.6 Å². The van der Waals surface area contributed by atoms with E-state index < -0.39 is 5.41 Å². The first-order valence-electron chi connectivity index (χ1n) is 9.05. The Hall–Kier alpha value is -2.62. The van der Waals surface area contributed by atoms with Gasteiger partial charge in [0.15, 0.2) is 0 Å². The van der Waals surface area contributed by atoms with Crippen molar-refractivity contribution in [1.29, 1.82) is 0 Å². The maximum absolute atomic E-state index is 12.7. The van der Waals surface area contributed by atoms with Crippen LogP contribution in [0.3, 0.4) is 0 Å². The molecule has 1 N–H and O–H groups in total. The lowest BCUT2D eigenvalue weighted by molar-refractivity contribution is -0.136. The topological polar surface area (TPSA) is 49.4 Å². The lowest BCUT2D eigenvalue weighted by atomic mass is 9.84. The van der Waals surface area contributed by atoms with Gasteiger partial charge in [-0.15, -0.1) is 0 Å². The number of benzene rings is 2. The molecule has 0 aromatic heterocycles. The molecule has 0 bridgehead atoms. The Morgan fingerprint density at radius 1 is 1.04 bits per heavy atom. The number of nitrogens with zero attached hydrogens (tertiary/aromatic N) is 1. The highest BCUT2D eigenvalue weighted by atomic mass is 16.2. The van der Waals surface area contributed by atoms with E-state index in [0.717, 1.165) is 0 Å². The number of fused-ring (bicyclic) bond motifs is 1. The van der Waals surface area contributed by atoms with Crippen LogP contribution in [-0.4, -0.2) is 29.8 Å². The minimum atomic E-state index is -0.499. The first-order valence-corrected chi connectivity index (χ1v) is 9.05. The number of carbonyl (C=O) groups is 2. The molecule has 2 aromatic rings. The predicted molar refractivity (Wildman–Crippen MR) is 103 cm³/mol. The molecular formula is C22H26N2O2. The Bertz CT molecular complexity index is 793. The van der Waals surface area contributed by atoms with Crippen molar-refractivity contribution >= 4 is 11.8 Å². The van der Waals surface area contributed by atoms with Crippen LogP contribution >= 0.6 is 0 Å². The molecule has 2 amide bonds. The Labute approximate surface area is 155 Å². The van der Waals surface area contributed by atoms with E-state index in [2.05, 4.69) is 35.6 Å². The lowest BCUT2D eigenvalue weighted by Crippen LogP contribution is -2.46. The van der Waals surface area contributed by atoms with Gasteiger partial charge in [0.05, 0.1) is 6.54 Å². The molecule has 0 saturated carbocycles. The highest BCUT2D eigenvalue weighted by Crippen LogP contribution is 2.33. The van der Waals surface area contributed by atoms with Crippen LogP contribution < -0.4 is 5.32 Å². The Morgan fingerprint density at radius 2 is 1.69 bits per heavy atom. The molecule has 2 aromatic carbocycles. The summed E-state index contributed by atoms with van der Waals surface area (Å²) in [6.07, 6.45) is 0. The first kappa shape index (κ1) is 18.2. The van der Waals surface area contributed by atoms with Crippen LogP contribution in [0.25, 0.3) is 0 Å². The Balaban J connectivity index is 1.78. The van der Waals surface area contributed by atoms with Gasteiger partial charge in [0.1, 0.15) is 0 Å². The zero-order valence-electron chi connectivity index (χ0n) is 15.7. The number of amides is 2. The molecule has 1 atom stereocenters. The molecule has 0 saturated heterocycles. The van der Waals surface area contributed by atoms with Gasteiger partial charge in [-0.05, 0) is 16.7 Å². The normalized spacial score (nSPS) is 16.7. The van der Waals surface area contributed by atoms with Crippen molar-refractivity contribution in [3.05, 3.63) is 71.3 Å². The van der Waals surface area contributed by atoms with Gasteiger partial charge < -0.3 is 10.2 Å². The fourth-order valence-electron chi connectivity index (χ4n) is 3.30. The van der Waals surface area contributed by atoms with E-state index in [1.165, 1.54) is 16.7 Å². The zero-order chi connectivity index (χ0) is 18.7. The van der Waals surface area contributed by atoms with Crippen LogP contribution in [0.1, 0.15) is 43.4 Å². The van der Waals surface area contributed by atoms with Gasteiger partial charge in [0, 0.05) is 24.4 Å². The van der Waals surface area contributed by atoms with Gasteiger partial charge in [-0.25, -0.2) is 0 Å². The Morgan fingerprint density at radius 3 is 2.38 bits per heavy atom. The average Bonchev–Trinajstić information content (AvgIpc) is 2.64. The first-order chi connectivity index (χ1) is 12.4. The third kappa shape index (κ3) is 3.96. The molecule has 1 heterocycles. The third-order valence-electron chi connectivity index (χ3n) is 4.83. The summed E-state index contributed by atoms with van der Waals surface area (Å²) in [5.41, 5.74) is 3.15. The standard InChI is InChI=1S/C22H26N2O2/c1-22(2,3)21(26)23-13-20(25)24-14-17-11-7-8-12-18(17)19(15-24)16-9-5-4-6-10-16/h4-12,19H,13-15H2,1-3H3,(H,23,26). The Kier molecular flexibility index (Phi) is 5.12. The smallest absolute Gasteiger partial charge is 0.242 e. The molecule has 0 radical (unpaired) electrons. The predicted octanol–water partition coefficient (Wildman–Crippen LogP) is 3.32. The fraction of sp³-hybridized carbons (Fsp3) is 0.364. The zero-order valence-corrected chi connectivity index (χ0v) is 15.7. The van der Waals surface area contributed by atoms with Crippen LogP contribution in [0, 0.1) is 5.41 Å². The largest absolute Gasteiger partial charge is 0.347 e. The number of rotatable bonds is 3. The monoisotopic (exact) mass is 350 g/mol. The number of carbonyl (C=O) groups excluding carboxylic acids is 2. The molecule has 136 valence electrons. The van der Waals surface area contributed by atoms with E-state index in [1.807, 2.05) is 49.9 Å². The van der Waals surface area contributed by atoms with Gasteiger partial charge in [0.2, 0.25) is 11.8 Å². The highest BCUT2D eigenvalue weighted by molar-refractivity contribution is 5.87. The van der Waals surface area contributed by atoms with Crippen LogP contribution in [0.4, 0.5) is 0 Å². The van der Waals surface area contributed by atoms with Crippen molar-refractivity contribution in [2.24, 2.45) is 5.41 Å². The average molecular weight is 350 g/mol. The van der Waals surface area contributed by atoms with Crippen molar-refractivity contribution in [1.82, 2.24) is 10.2 Å². The maximum atomic E-state index is 12.7. The summed E-state index contributed by atoms with van der Waals surface area (Å²) < 4.78 is 0. The van der Waals surface area contributed by atoms with Gasteiger partial charge in [0.25, 0.3) is 0 Å². The van der Waals surface area contributed by atoms with Crippen molar-refractivity contribution in [3.63, 3.8) is 0 Å². The van der Waals surface area contributed by atoms with E-state index in [1.54, 1.807) is 0 Å². The van der Waals surface area contributed by atoms with E-state index in [0.29, 0.717) is 13.1 Å². The summed E-state index contributed by atoms with van der Waals surface area (Å²) in [6, 6.07) is 18.6. The molecule has 0 aliphatic carbocycles. The summed E-state index contributed by atoms with van der Waals surface area (Å²) in [7, 11) is 0. The van der Waals surface area contributed by atoms with E-state index in [-0.39, 0.29) is 24.3 Å². The fourth-order valence-corrected chi connectivity index (χ4v) is 3.30. The third-order valence-corrected chi connectivity index (χ3v) is 4.83. The van der Waals surface area contributed by atoms with Crippen LogP contribution in [0.5, 0.6) is 0 Å². The molecule has 1 aliphatic rings. The second kappa shape index (κ2) is 7.32. The van der Waals surface area contributed by atoms with Crippen molar-refractivity contribution < 1.29 is 9.59 Å². The van der Waals surface area contributed by atoms with Gasteiger partial charge >= 0.3 is 0 Å². The molecule has 1 unspecified atom stereocenters. The minimum Gasteiger partial charge on any atom is -0.347 e. The molecule has 0 spiro atoms. The van der Waals surface area contributed by atoms with Crippen molar-refractivity contribution in [3.8, 4) is 0 Å². The molecule has 0 fully saturated rings. The summed E-state index contributed by atoms with van der Waals surface area (Å²) in [5, 5.41) is 2.77. The number of nitrogens with one attached hydrogen (secondary N) is 1. The summed E-state index contributed by atoms with van der Waals surface area (Å²) >= 11 is 0. The quantitative estimate of drug-likeness (QED) is 0.923. The molecule has 26 heavy (non-hydrogen) atoms. The molecular weight excluding hydrogens is 324 g/mol. The van der Waals surface area contributed by atoms with Crippen molar-refractivity contribution in [2.45, 2.75) is 33.2 Å². The summed E-state index contributed by atoms with van der Waals surface area (Å²) in [4.78, 5) is 26.6. The number of hydrogen-bond acceptors (Lipinski definition) is 2. The maximum Gasteiger partial charge on any atom is 0.242 e. The minimum absolute atomic E-state index is 0.0414. The SMILES string of the molecule is CC(C)(C)C(=O)NCC(=O)N1Cc2ccccc2C(c2ccccc2)C1. The highest BCUT2D eigenvalue weighted by Gasteiger charge is 2.29. The van der Waals surface area contributed by atoms with Gasteiger partial charge in [-0.1, -0.05) is 75.4 Å². The van der Waals surface area contributed by atoms with E-state index in [4.69, 9.17) is 0 Å². The molecule has 4 nitrogen and oxygen atoms in total. The molecule has 3 rings (SSSR count). The molecule has 1 aliphatic heterocycles.